The Morgan fingerprint density at radius 2 is 1.12 bits per heavy atom. The van der Waals surface area contributed by atoms with Crippen molar-refractivity contribution in [3.63, 3.8) is 0 Å². The van der Waals surface area contributed by atoms with Crippen LogP contribution in [0.25, 0.3) is 0 Å². The Labute approximate surface area is 138 Å². The largest absolute Gasteiger partial charge is 0.458 e. The van der Waals surface area contributed by atoms with Gasteiger partial charge < -0.3 is 29.5 Å². The number of hydrogen-bond acceptors (Lipinski definition) is 9. The van der Waals surface area contributed by atoms with Crippen LogP contribution in [0.3, 0.4) is 0 Å². The zero-order chi connectivity index (χ0) is 18.8. The van der Waals surface area contributed by atoms with Gasteiger partial charge in [0.1, 0.15) is 6.61 Å². The van der Waals surface area contributed by atoms with E-state index in [1.165, 1.54) is 0 Å². The third-order valence-electron chi connectivity index (χ3n) is 3.14. The van der Waals surface area contributed by atoms with Crippen molar-refractivity contribution >= 4 is 17.9 Å². The molecule has 3 N–H and O–H groups in total. The van der Waals surface area contributed by atoms with E-state index in [2.05, 4.69) is 19.7 Å². The van der Waals surface area contributed by atoms with Gasteiger partial charge in [0.2, 0.25) is 11.2 Å². The van der Waals surface area contributed by atoms with E-state index >= 15 is 0 Å². The zero-order valence-corrected chi connectivity index (χ0v) is 13.0. The van der Waals surface area contributed by atoms with Gasteiger partial charge in [-0.25, -0.2) is 14.4 Å². The third-order valence-corrected chi connectivity index (χ3v) is 3.14. The molecule has 0 aromatic heterocycles. The van der Waals surface area contributed by atoms with Gasteiger partial charge in [-0.15, -0.1) is 0 Å². The first-order valence-electron chi connectivity index (χ1n) is 6.63. The molecule has 24 heavy (non-hydrogen) atoms. The Balaban J connectivity index is 6.03. The molecule has 1 unspecified atom stereocenters. The van der Waals surface area contributed by atoms with Gasteiger partial charge in [-0.2, -0.15) is 0 Å². The molecule has 1 atom stereocenters. The van der Waals surface area contributed by atoms with E-state index in [-0.39, 0.29) is 0 Å². The molecule has 0 saturated heterocycles. The number of aliphatic hydroxyl groups excluding tert-OH is 3. The lowest BCUT2D eigenvalue weighted by molar-refractivity contribution is -0.247. The molecule has 9 heteroatoms. The van der Waals surface area contributed by atoms with Crippen molar-refractivity contribution in [1.29, 1.82) is 0 Å². The topological polar surface area (TPSA) is 140 Å². The summed E-state index contributed by atoms with van der Waals surface area (Å²) in [5, 5.41) is 29.0. The molecule has 0 aromatic carbocycles. The third kappa shape index (κ3) is 4.75. The zero-order valence-electron chi connectivity index (χ0n) is 13.0. The highest BCUT2D eigenvalue weighted by Crippen LogP contribution is 2.31. The molecule has 9 nitrogen and oxygen atoms in total. The molecule has 0 spiro atoms. The second kappa shape index (κ2) is 9.60. The van der Waals surface area contributed by atoms with Crippen molar-refractivity contribution in [2.45, 2.75) is 11.2 Å². The normalized spacial score (nSPS) is 13.1. The molecular formula is C15H20O9. The summed E-state index contributed by atoms with van der Waals surface area (Å²) in [6, 6.07) is 0. The van der Waals surface area contributed by atoms with Gasteiger partial charge in [0.15, 0.2) is 0 Å². The van der Waals surface area contributed by atoms with E-state index in [0.29, 0.717) is 0 Å². The maximum atomic E-state index is 11.6. The summed E-state index contributed by atoms with van der Waals surface area (Å²) in [6.45, 7) is 5.45. The van der Waals surface area contributed by atoms with Gasteiger partial charge in [0.05, 0.1) is 19.8 Å². The van der Waals surface area contributed by atoms with Crippen molar-refractivity contribution < 1.29 is 43.9 Å². The molecule has 0 bridgehead atoms. The molecular weight excluding hydrogens is 324 g/mol. The minimum Gasteiger partial charge on any atom is -0.458 e. The average molecular weight is 344 g/mol. The summed E-state index contributed by atoms with van der Waals surface area (Å²) in [5.41, 5.74) is -4.63. The SMILES string of the molecule is C=CC(=O)OCC(CO)(OC(=O)C=C)C(CO)(CO)OC(=O)C=C. The van der Waals surface area contributed by atoms with E-state index in [1.54, 1.807) is 0 Å². The van der Waals surface area contributed by atoms with E-state index in [9.17, 15) is 29.7 Å². The number of carbonyl (C=O) groups is 3. The second-order valence-corrected chi connectivity index (χ2v) is 4.53. The van der Waals surface area contributed by atoms with Crippen LogP contribution in [0, 0.1) is 0 Å². The van der Waals surface area contributed by atoms with Gasteiger partial charge in [0, 0.05) is 18.2 Å². The fourth-order valence-electron chi connectivity index (χ4n) is 1.69. The van der Waals surface area contributed by atoms with Crippen molar-refractivity contribution in [2.24, 2.45) is 0 Å². The first kappa shape index (κ1) is 21.5. The summed E-state index contributed by atoms with van der Waals surface area (Å²) in [4.78, 5) is 34.4. The van der Waals surface area contributed by atoms with Gasteiger partial charge in [-0.3, -0.25) is 0 Å². The molecule has 0 radical (unpaired) electrons. The number of carbonyl (C=O) groups excluding carboxylic acids is 3. The van der Waals surface area contributed by atoms with Crippen LogP contribution in [0.2, 0.25) is 0 Å². The van der Waals surface area contributed by atoms with Crippen LogP contribution < -0.4 is 0 Å². The lowest BCUT2D eigenvalue weighted by Gasteiger charge is -2.44. The highest BCUT2D eigenvalue weighted by molar-refractivity contribution is 5.83. The molecule has 0 aromatic rings. The molecule has 0 aliphatic heterocycles. The summed E-state index contributed by atoms with van der Waals surface area (Å²) >= 11 is 0. The summed E-state index contributed by atoms with van der Waals surface area (Å²) in [7, 11) is 0. The first-order chi connectivity index (χ1) is 11.3. The lowest BCUT2D eigenvalue weighted by atomic mass is 9.84. The molecule has 0 aliphatic rings. The van der Waals surface area contributed by atoms with Crippen molar-refractivity contribution in [1.82, 2.24) is 0 Å². The Morgan fingerprint density at radius 3 is 1.46 bits per heavy atom. The van der Waals surface area contributed by atoms with E-state index in [1.807, 2.05) is 0 Å². The number of ether oxygens (including phenoxy) is 3. The fraction of sp³-hybridized carbons (Fsp3) is 0.400. The van der Waals surface area contributed by atoms with Crippen molar-refractivity contribution in [3.05, 3.63) is 38.0 Å². The molecule has 0 saturated carbocycles. The van der Waals surface area contributed by atoms with Gasteiger partial charge in [-0.1, -0.05) is 19.7 Å². The van der Waals surface area contributed by atoms with E-state index < -0.39 is 55.5 Å². The summed E-state index contributed by atoms with van der Waals surface area (Å²) < 4.78 is 14.6. The number of rotatable bonds is 11. The maximum absolute atomic E-state index is 11.6. The predicted molar refractivity (Wildman–Crippen MR) is 80.5 cm³/mol. The van der Waals surface area contributed by atoms with Crippen LogP contribution in [0.5, 0.6) is 0 Å². The molecule has 0 fully saturated rings. The van der Waals surface area contributed by atoms with Gasteiger partial charge in [0.25, 0.3) is 0 Å². The highest BCUT2D eigenvalue weighted by Gasteiger charge is 2.58. The maximum Gasteiger partial charge on any atom is 0.331 e. The van der Waals surface area contributed by atoms with Crippen LogP contribution in [0.15, 0.2) is 38.0 Å². The van der Waals surface area contributed by atoms with Crippen LogP contribution >= 0.6 is 0 Å². The van der Waals surface area contributed by atoms with E-state index in [4.69, 9.17) is 14.2 Å². The summed E-state index contributed by atoms with van der Waals surface area (Å²) in [5.74, 6) is -3.11. The monoisotopic (exact) mass is 344 g/mol. The fourth-order valence-corrected chi connectivity index (χ4v) is 1.69. The summed E-state index contributed by atoms with van der Waals surface area (Å²) in [6.07, 6.45) is 2.26. The quantitative estimate of drug-likeness (QED) is 0.235. The smallest absolute Gasteiger partial charge is 0.331 e. The average Bonchev–Trinajstić information content (AvgIpc) is 2.62. The molecule has 0 aliphatic carbocycles. The number of aliphatic hydroxyl groups is 3. The van der Waals surface area contributed by atoms with Crippen LogP contribution in [0.1, 0.15) is 0 Å². The predicted octanol–water partition coefficient (Wildman–Crippen LogP) is -1.37. The van der Waals surface area contributed by atoms with Crippen LogP contribution in [-0.4, -0.2) is 70.9 Å². The van der Waals surface area contributed by atoms with E-state index in [0.717, 1.165) is 18.2 Å². The Kier molecular flexibility index (Phi) is 8.61. The Morgan fingerprint density at radius 1 is 0.750 bits per heavy atom. The lowest BCUT2D eigenvalue weighted by Crippen LogP contribution is -2.67. The Bertz CT molecular complexity index is 507. The van der Waals surface area contributed by atoms with Gasteiger partial charge in [-0.05, 0) is 0 Å². The minimum atomic E-state index is -2.33. The molecule has 134 valence electrons. The minimum absolute atomic E-state index is 0.729. The molecule has 0 amide bonds. The number of esters is 3. The second-order valence-electron chi connectivity index (χ2n) is 4.53. The highest BCUT2D eigenvalue weighted by atomic mass is 16.6. The van der Waals surface area contributed by atoms with Crippen molar-refractivity contribution in [3.8, 4) is 0 Å². The number of hydrogen-bond donors (Lipinski definition) is 3. The Hall–Kier alpha value is -2.49. The first-order valence-corrected chi connectivity index (χ1v) is 6.63. The van der Waals surface area contributed by atoms with Crippen LogP contribution in [-0.2, 0) is 28.6 Å². The van der Waals surface area contributed by atoms with Gasteiger partial charge >= 0.3 is 17.9 Å². The molecule has 0 rings (SSSR count). The standard InChI is InChI=1S/C15H20O9/c1-4-11(19)22-10-15(9-18,24-13(21)6-3)14(7-16,8-17)23-12(20)5-2/h4-6,16-18H,1-3,7-10H2. The molecule has 0 heterocycles. The van der Waals surface area contributed by atoms with Crippen molar-refractivity contribution in [2.75, 3.05) is 26.4 Å². The van der Waals surface area contributed by atoms with Crippen LogP contribution in [0.4, 0.5) is 0 Å².